The molecule has 5 heteroatoms. The maximum atomic E-state index is 11.5. The van der Waals surface area contributed by atoms with Gasteiger partial charge < -0.3 is 20.3 Å². The number of hydrogen-bond acceptors (Lipinski definition) is 5. The van der Waals surface area contributed by atoms with Gasteiger partial charge in [0.05, 0.1) is 7.11 Å². The molecule has 20 heavy (non-hydrogen) atoms. The first-order valence-electron chi connectivity index (χ1n) is 6.04. The molecular formula is C15H15NO4. The van der Waals surface area contributed by atoms with E-state index in [0.717, 1.165) is 5.56 Å². The van der Waals surface area contributed by atoms with Gasteiger partial charge >= 0.3 is 5.97 Å². The zero-order chi connectivity index (χ0) is 14.5. The van der Waals surface area contributed by atoms with Gasteiger partial charge in [-0.05, 0) is 24.3 Å². The van der Waals surface area contributed by atoms with E-state index in [9.17, 15) is 15.0 Å². The van der Waals surface area contributed by atoms with Gasteiger partial charge in [0, 0.05) is 17.8 Å². The third-order valence-electron chi connectivity index (χ3n) is 2.88. The Labute approximate surface area is 116 Å². The van der Waals surface area contributed by atoms with Gasteiger partial charge in [-0.2, -0.15) is 0 Å². The lowest BCUT2D eigenvalue weighted by atomic mass is 10.1. The number of methoxy groups -OCH3 is 1. The molecule has 2 aromatic rings. The highest BCUT2D eigenvalue weighted by atomic mass is 16.5. The fourth-order valence-corrected chi connectivity index (χ4v) is 1.78. The van der Waals surface area contributed by atoms with E-state index in [4.69, 9.17) is 0 Å². The lowest BCUT2D eigenvalue weighted by Gasteiger charge is -2.10. The molecule has 0 aliphatic heterocycles. The number of aromatic hydroxyl groups is 2. The molecule has 0 spiro atoms. The molecule has 0 saturated carbocycles. The van der Waals surface area contributed by atoms with Crippen LogP contribution in [0.3, 0.4) is 0 Å². The van der Waals surface area contributed by atoms with Crippen molar-refractivity contribution >= 4 is 11.7 Å². The van der Waals surface area contributed by atoms with Crippen LogP contribution in [0.15, 0.2) is 42.5 Å². The minimum absolute atomic E-state index is 0.0924. The number of esters is 1. The van der Waals surface area contributed by atoms with E-state index in [1.165, 1.54) is 19.2 Å². The van der Waals surface area contributed by atoms with Crippen LogP contribution < -0.4 is 5.32 Å². The van der Waals surface area contributed by atoms with Crippen LogP contribution in [0.1, 0.15) is 15.9 Å². The Kier molecular flexibility index (Phi) is 4.10. The molecular weight excluding hydrogens is 258 g/mol. The largest absolute Gasteiger partial charge is 0.508 e. The zero-order valence-corrected chi connectivity index (χ0v) is 11.0. The minimum atomic E-state index is -0.603. The predicted octanol–water partition coefficient (Wildman–Crippen LogP) is 2.50. The van der Waals surface area contributed by atoms with E-state index in [1.807, 2.05) is 6.07 Å². The van der Waals surface area contributed by atoms with Gasteiger partial charge in [-0.3, -0.25) is 0 Å². The molecule has 0 unspecified atom stereocenters. The Hall–Kier alpha value is -2.69. The molecule has 3 N–H and O–H groups in total. The van der Waals surface area contributed by atoms with E-state index >= 15 is 0 Å². The van der Waals surface area contributed by atoms with Crippen molar-refractivity contribution in [2.75, 3.05) is 12.4 Å². The van der Waals surface area contributed by atoms with Gasteiger partial charge in [0.15, 0.2) is 0 Å². The van der Waals surface area contributed by atoms with Crippen LogP contribution in [-0.4, -0.2) is 23.3 Å². The van der Waals surface area contributed by atoms with Crippen LogP contribution in [0, 0.1) is 0 Å². The third kappa shape index (κ3) is 3.00. The van der Waals surface area contributed by atoms with Crippen LogP contribution in [0.5, 0.6) is 11.5 Å². The number of ether oxygens (including phenoxy) is 1. The Bertz CT molecular complexity index is 625. The zero-order valence-electron chi connectivity index (χ0n) is 11.0. The summed E-state index contributed by atoms with van der Waals surface area (Å²) >= 11 is 0. The topological polar surface area (TPSA) is 78.8 Å². The van der Waals surface area contributed by atoms with Crippen molar-refractivity contribution in [3.05, 3.63) is 53.6 Å². The molecule has 0 bridgehead atoms. The number of benzene rings is 2. The first-order valence-corrected chi connectivity index (χ1v) is 6.04. The standard InChI is InChI=1S/C15H15NO4/c1-20-15(19)12-8-11(6-7-14(12)18)16-9-10-4-2-3-5-13(10)17/h2-8,16-18H,9H2,1H3. The second-order valence-electron chi connectivity index (χ2n) is 4.21. The Morgan fingerprint density at radius 3 is 2.60 bits per heavy atom. The second kappa shape index (κ2) is 5.97. The van der Waals surface area contributed by atoms with Crippen molar-refractivity contribution < 1.29 is 19.7 Å². The van der Waals surface area contributed by atoms with Crippen molar-refractivity contribution in [2.45, 2.75) is 6.54 Å². The average Bonchev–Trinajstić information content (AvgIpc) is 2.47. The summed E-state index contributed by atoms with van der Waals surface area (Å²) in [7, 11) is 1.25. The van der Waals surface area contributed by atoms with Crippen LogP contribution in [-0.2, 0) is 11.3 Å². The van der Waals surface area contributed by atoms with Gasteiger partial charge in [-0.15, -0.1) is 0 Å². The highest BCUT2D eigenvalue weighted by Crippen LogP contribution is 2.23. The van der Waals surface area contributed by atoms with Crippen molar-refractivity contribution in [3.8, 4) is 11.5 Å². The first kappa shape index (κ1) is 13.7. The highest BCUT2D eigenvalue weighted by molar-refractivity contribution is 5.93. The van der Waals surface area contributed by atoms with Crippen LogP contribution in [0.4, 0.5) is 5.69 Å². The molecule has 0 radical (unpaired) electrons. The Balaban J connectivity index is 2.14. The number of nitrogens with one attached hydrogen (secondary N) is 1. The maximum absolute atomic E-state index is 11.5. The molecule has 104 valence electrons. The molecule has 0 fully saturated rings. The molecule has 0 aromatic heterocycles. The molecule has 2 rings (SSSR count). The lowest BCUT2D eigenvalue weighted by Crippen LogP contribution is -2.04. The number of rotatable bonds is 4. The molecule has 0 heterocycles. The fraction of sp³-hybridized carbons (Fsp3) is 0.133. The van der Waals surface area contributed by atoms with Crippen LogP contribution in [0.2, 0.25) is 0 Å². The number of carbonyl (C=O) groups excluding carboxylic acids is 1. The van der Waals surface area contributed by atoms with Gasteiger partial charge in [-0.25, -0.2) is 4.79 Å². The van der Waals surface area contributed by atoms with E-state index in [1.54, 1.807) is 24.3 Å². The molecule has 0 aliphatic carbocycles. The van der Waals surface area contributed by atoms with Gasteiger partial charge in [0.1, 0.15) is 17.1 Å². The second-order valence-corrected chi connectivity index (χ2v) is 4.21. The predicted molar refractivity (Wildman–Crippen MR) is 74.9 cm³/mol. The smallest absolute Gasteiger partial charge is 0.341 e. The molecule has 0 saturated heterocycles. The van der Waals surface area contributed by atoms with Gasteiger partial charge in [0.25, 0.3) is 0 Å². The summed E-state index contributed by atoms with van der Waals surface area (Å²) < 4.78 is 4.59. The molecule has 5 nitrogen and oxygen atoms in total. The summed E-state index contributed by atoms with van der Waals surface area (Å²) in [6, 6.07) is 11.5. The minimum Gasteiger partial charge on any atom is -0.508 e. The number of carbonyl (C=O) groups is 1. The van der Waals surface area contributed by atoms with E-state index in [0.29, 0.717) is 12.2 Å². The highest BCUT2D eigenvalue weighted by Gasteiger charge is 2.12. The van der Waals surface area contributed by atoms with E-state index in [-0.39, 0.29) is 17.1 Å². The molecule has 0 amide bonds. The van der Waals surface area contributed by atoms with Crippen molar-refractivity contribution in [1.29, 1.82) is 0 Å². The van der Waals surface area contributed by atoms with Crippen molar-refractivity contribution in [3.63, 3.8) is 0 Å². The lowest BCUT2D eigenvalue weighted by molar-refractivity contribution is 0.0597. The summed E-state index contributed by atoms with van der Waals surface area (Å²) in [5, 5.41) is 22.3. The Morgan fingerprint density at radius 2 is 1.90 bits per heavy atom. The number of phenols is 2. The number of anilines is 1. The summed E-state index contributed by atoms with van der Waals surface area (Å²) in [5.74, 6) is -0.536. The average molecular weight is 273 g/mol. The van der Waals surface area contributed by atoms with Crippen molar-refractivity contribution in [1.82, 2.24) is 0 Å². The third-order valence-corrected chi connectivity index (χ3v) is 2.88. The van der Waals surface area contributed by atoms with Crippen molar-refractivity contribution in [2.24, 2.45) is 0 Å². The number of hydrogen-bond donors (Lipinski definition) is 3. The number of phenolic OH excluding ortho intramolecular Hbond substituents is 2. The monoisotopic (exact) mass is 273 g/mol. The fourth-order valence-electron chi connectivity index (χ4n) is 1.78. The summed E-state index contributed by atoms with van der Waals surface area (Å²) in [5.41, 5.74) is 1.47. The molecule has 2 aromatic carbocycles. The first-order chi connectivity index (χ1) is 9.61. The van der Waals surface area contributed by atoms with Gasteiger partial charge in [0.2, 0.25) is 0 Å². The molecule has 0 aliphatic rings. The van der Waals surface area contributed by atoms with E-state index < -0.39 is 5.97 Å². The van der Waals surface area contributed by atoms with Crippen LogP contribution >= 0.6 is 0 Å². The molecule has 0 atom stereocenters. The maximum Gasteiger partial charge on any atom is 0.341 e. The SMILES string of the molecule is COC(=O)c1cc(NCc2ccccc2O)ccc1O. The van der Waals surface area contributed by atoms with E-state index in [2.05, 4.69) is 10.1 Å². The summed E-state index contributed by atoms with van der Waals surface area (Å²) in [6.07, 6.45) is 0. The summed E-state index contributed by atoms with van der Waals surface area (Å²) in [4.78, 5) is 11.5. The summed E-state index contributed by atoms with van der Waals surface area (Å²) in [6.45, 7) is 0.401. The van der Waals surface area contributed by atoms with Crippen LogP contribution in [0.25, 0.3) is 0 Å². The van der Waals surface area contributed by atoms with Gasteiger partial charge in [-0.1, -0.05) is 18.2 Å². The normalized spacial score (nSPS) is 10.1. The quantitative estimate of drug-likeness (QED) is 0.589. The number of para-hydroxylation sites is 1. The Morgan fingerprint density at radius 1 is 1.15 bits per heavy atom.